The van der Waals surface area contributed by atoms with E-state index in [-0.39, 0.29) is 17.9 Å². The molecule has 0 fully saturated rings. The number of nitrogens with one attached hydrogen (secondary N) is 1. The summed E-state index contributed by atoms with van der Waals surface area (Å²) in [5, 5.41) is 3.94. The van der Waals surface area contributed by atoms with Gasteiger partial charge in [-0.05, 0) is 47.2 Å². The third-order valence-electron chi connectivity index (χ3n) is 3.90. The first-order valence-electron chi connectivity index (χ1n) is 8.49. The quantitative estimate of drug-likeness (QED) is 0.633. The van der Waals surface area contributed by atoms with Crippen LogP contribution >= 0.6 is 0 Å². The highest BCUT2D eigenvalue weighted by molar-refractivity contribution is 5.83. The van der Waals surface area contributed by atoms with Crippen molar-refractivity contribution in [2.24, 2.45) is 5.10 Å². The molecule has 2 rings (SSSR count). The van der Waals surface area contributed by atoms with Crippen molar-refractivity contribution in [2.75, 3.05) is 13.7 Å². The smallest absolute Gasteiger partial charge is 0.277 e. The van der Waals surface area contributed by atoms with E-state index in [1.54, 1.807) is 13.3 Å². The standard InChI is InChI=1S/C21H26N2O3/c1-15-11-17(21(2,3)4)9-10-19(15)26-14-20(24)23-22-13-16-7-6-8-18(12-16)25-5/h6-13H,14H2,1-5H3,(H,23,24)/b22-13-. The molecule has 0 aliphatic carbocycles. The molecule has 0 aliphatic rings. The van der Waals surface area contributed by atoms with Crippen LogP contribution in [0.25, 0.3) is 0 Å². The van der Waals surface area contributed by atoms with E-state index < -0.39 is 0 Å². The average molecular weight is 354 g/mol. The van der Waals surface area contributed by atoms with Crippen LogP contribution in [0, 0.1) is 6.92 Å². The molecular weight excluding hydrogens is 328 g/mol. The molecule has 0 atom stereocenters. The van der Waals surface area contributed by atoms with Gasteiger partial charge in [0, 0.05) is 0 Å². The Morgan fingerprint density at radius 3 is 2.62 bits per heavy atom. The van der Waals surface area contributed by atoms with Crippen LogP contribution in [0.5, 0.6) is 11.5 Å². The lowest BCUT2D eigenvalue weighted by Crippen LogP contribution is -2.24. The van der Waals surface area contributed by atoms with E-state index in [1.165, 1.54) is 5.56 Å². The number of hydrogen-bond acceptors (Lipinski definition) is 4. The minimum absolute atomic E-state index is 0.0789. The number of hydrazone groups is 1. The lowest BCUT2D eigenvalue weighted by atomic mass is 9.86. The number of nitrogens with zero attached hydrogens (tertiary/aromatic N) is 1. The lowest BCUT2D eigenvalue weighted by molar-refractivity contribution is -0.123. The van der Waals surface area contributed by atoms with Crippen LogP contribution in [0.1, 0.15) is 37.5 Å². The van der Waals surface area contributed by atoms with Gasteiger partial charge in [-0.25, -0.2) is 5.43 Å². The molecule has 1 amide bonds. The summed E-state index contributed by atoms with van der Waals surface area (Å²) in [5.74, 6) is 1.12. The van der Waals surface area contributed by atoms with Crippen LogP contribution < -0.4 is 14.9 Å². The molecule has 5 heteroatoms. The average Bonchev–Trinajstić information content (AvgIpc) is 2.60. The van der Waals surface area contributed by atoms with Crippen LogP contribution in [-0.2, 0) is 10.2 Å². The van der Waals surface area contributed by atoms with Gasteiger partial charge in [-0.3, -0.25) is 4.79 Å². The van der Waals surface area contributed by atoms with Crippen molar-refractivity contribution in [1.29, 1.82) is 0 Å². The maximum atomic E-state index is 11.9. The summed E-state index contributed by atoms with van der Waals surface area (Å²) in [4.78, 5) is 11.9. The first kappa shape index (κ1) is 19.5. The summed E-state index contributed by atoms with van der Waals surface area (Å²) in [6.45, 7) is 8.37. The third kappa shape index (κ3) is 5.62. The number of carbonyl (C=O) groups is 1. The zero-order chi connectivity index (χ0) is 19.2. The number of benzene rings is 2. The second-order valence-electron chi connectivity index (χ2n) is 7.09. The minimum atomic E-state index is -0.316. The minimum Gasteiger partial charge on any atom is -0.497 e. The van der Waals surface area contributed by atoms with Crippen molar-refractivity contribution in [2.45, 2.75) is 33.1 Å². The number of amides is 1. The molecule has 0 bridgehead atoms. The predicted octanol–water partition coefficient (Wildman–Crippen LogP) is 3.83. The summed E-state index contributed by atoms with van der Waals surface area (Å²) in [7, 11) is 1.60. The number of methoxy groups -OCH3 is 1. The van der Waals surface area contributed by atoms with E-state index in [2.05, 4.69) is 37.4 Å². The summed E-state index contributed by atoms with van der Waals surface area (Å²) in [6.07, 6.45) is 1.56. The van der Waals surface area contributed by atoms with Gasteiger partial charge in [-0.2, -0.15) is 5.10 Å². The van der Waals surface area contributed by atoms with E-state index in [0.29, 0.717) is 5.75 Å². The summed E-state index contributed by atoms with van der Waals surface area (Å²) >= 11 is 0. The Balaban J connectivity index is 1.88. The Morgan fingerprint density at radius 2 is 1.96 bits per heavy atom. The van der Waals surface area contributed by atoms with Gasteiger partial charge in [0.15, 0.2) is 6.61 Å². The molecule has 0 heterocycles. The largest absolute Gasteiger partial charge is 0.497 e. The molecular formula is C21H26N2O3. The van der Waals surface area contributed by atoms with Gasteiger partial charge in [0.1, 0.15) is 11.5 Å². The molecule has 0 saturated carbocycles. The SMILES string of the molecule is COc1cccc(/C=N\NC(=O)COc2ccc(C(C)(C)C)cc2C)c1. The number of rotatable bonds is 6. The fourth-order valence-electron chi connectivity index (χ4n) is 2.35. The second kappa shape index (κ2) is 8.52. The van der Waals surface area contributed by atoms with E-state index >= 15 is 0 Å². The summed E-state index contributed by atoms with van der Waals surface area (Å²) in [6, 6.07) is 13.4. The molecule has 2 aromatic rings. The Morgan fingerprint density at radius 1 is 1.19 bits per heavy atom. The molecule has 0 radical (unpaired) electrons. The van der Waals surface area contributed by atoms with Gasteiger partial charge in [-0.1, -0.05) is 45.0 Å². The Bertz CT molecular complexity index is 792. The zero-order valence-corrected chi connectivity index (χ0v) is 16.0. The lowest BCUT2D eigenvalue weighted by Gasteiger charge is -2.20. The van der Waals surface area contributed by atoms with Gasteiger partial charge in [0.05, 0.1) is 13.3 Å². The van der Waals surface area contributed by atoms with Crippen molar-refractivity contribution in [3.63, 3.8) is 0 Å². The Labute approximate surface area is 155 Å². The van der Waals surface area contributed by atoms with Crippen LogP contribution in [0.15, 0.2) is 47.6 Å². The monoisotopic (exact) mass is 354 g/mol. The van der Waals surface area contributed by atoms with Gasteiger partial charge in [0.25, 0.3) is 5.91 Å². The second-order valence-corrected chi connectivity index (χ2v) is 7.09. The molecule has 2 aromatic carbocycles. The molecule has 26 heavy (non-hydrogen) atoms. The van der Waals surface area contributed by atoms with Crippen LogP contribution in [-0.4, -0.2) is 25.8 Å². The fourth-order valence-corrected chi connectivity index (χ4v) is 2.35. The van der Waals surface area contributed by atoms with Gasteiger partial charge in [-0.15, -0.1) is 0 Å². The summed E-state index contributed by atoms with van der Waals surface area (Å²) in [5.41, 5.74) is 5.61. The molecule has 0 saturated heterocycles. The highest BCUT2D eigenvalue weighted by atomic mass is 16.5. The fraction of sp³-hybridized carbons (Fsp3) is 0.333. The zero-order valence-electron chi connectivity index (χ0n) is 16.0. The molecule has 0 unspecified atom stereocenters. The van der Waals surface area contributed by atoms with Crippen LogP contribution in [0.2, 0.25) is 0 Å². The van der Waals surface area contributed by atoms with Crippen molar-refractivity contribution in [3.8, 4) is 11.5 Å². The molecule has 5 nitrogen and oxygen atoms in total. The molecule has 1 N–H and O–H groups in total. The van der Waals surface area contributed by atoms with Gasteiger partial charge in [0.2, 0.25) is 0 Å². The van der Waals surface area contributed by atoms with Crippen molar-refractivity contribution in [1.82, 2.24) is 5.43 Å². The molecule has 138 valence electrons. The van der Waals surface area contributed by atoms with E-state index in [4.69, 9.17) is 9.47 Å². The van der Waals surface area contributed by atoms with Gasteiger partial charge >= 0.3 is 0 Å². The first-order valence-corrected chi connectivity index (χ1v) is 8.49. The van der Waals surface area contributed by atoms with E-state index in [0.717, 1.165) is 16.9 Å². The summed E-state index contributed by atoms with van der Waals surface area (Å²) < 4.78 is 10.7. The number of aryl methyl sites for hydroxylation is 1. The normalized spacial score (nSPS) is 11.4. The molecule has 0 aromatic heterocycles. The van der Waals surface area contributed by atoms with Crippen LogP contribution in [0.3, 0.4) is 0 Å². The van der Waals surface area contributed by atoms with Crippen LogP contribution in [0.4, 0.5) is 0 Å². The first-order chi connectivity index (χ1) is 12.3. The predicted molar refractivity (Wildman–Crippen MR) is 104 cm³/mol. The van der Waals surface area contributed by atoms with Crippen molar-refractivity contribution in [3.05, 3.63) is 59.2 Å². The van der Waals surface area contributed by atoms with E-state index in [9.17, 15) is 4.79 Å². The van der Waals surface area contributed by atoms with Gasteiger partial charge < -0.3 is 9.47 Å². The highest BCUT2D eigenvalue weighted by Gasteiger charge is 2.15. The Kier molecular flexibility index (Phi) is 6.39. The highest BCUT2D eigenvalue weighted by Crippen LogP contribution is 2.27. The number of carbonyl (C=O) groups excluding carboxylic acids is 1. The van der Waals surface area contributed by atoms with E-state index in [1.807, 2.05) is 43.3 Å². The topological polar surface area (TPSA) is 59.9 Å². The maximum absolute atomic E-state index is 11.9. The van der Waals surface area contributed by atoms with Crippen molar-refractivity contribution < 1.29 is 14.3 Å². The number of ether oxygens (including phenoxy) is 2. The number of hydrogen-bond donors (Lipinski definition) is 1. The third-order valence-corrected chi connectivity index (χ3v) is 3.90. The Hall–Kier alpha value is -2.82. The molecule has 0 spiro atoms. The van der Waals surface area contributed by atoms with Crippen molar-refractivity contribution >= 4 is 12.1 Å². The molecule has 0 aliphatic heterocycles. The maximum Gasteiger partial charge on any atom is 0.277 e.